The molecule has 0 radical (unpaired) electrons. The molecule has 1 aromatic carbocycles. The van der Waals surface area contributed by atoms with Gasteiger partial charge in [0.05, 0.1) is 12.7 Å². The van der Waals surface area contributed by atoms with Gasteiger partial charge in [-0.25, -0.2) is 4.79 Å². The fourth-order valence-electron chi connectivity index (χ4n) is 1.26. The Balaban J connectivity index is 3.06. The summed E-state index contributed by atoms with van der Waals surface area (Å²) in [5, 5.41) is 3.24. The normalized spacial score (nSPS) is 9.69. The van der Waals surface area contributed by atoms with E-state index in [4.69, 9.17) is 0 Å². The molecule has 0 fully saturated rings. The third-order valence-corrected chi connectivity index (χ3v) is 2.59. The lowest BCUT2D eigenvalue weighted by Crippen LogP contribution is -2.09. The summed E-state index contributed by atoms with van der Waals surface area (Å²) in [7, 11) is 1.33. The quantitative estimate of drug-likeness (QED) is 0.685. The van der Waals surface area contributed by atoms with Gasteiger partial charge in [0.25, 0.3) is 0 Å². The molecule has 0 saturated carbocycles. The number of nitrogens with one attached hydrogen (secondary N) is 1. The predicted octanol–water partition coefficient (Wildman–Crippen LogP) is 2.33. The molecular weight excluding hydrogens is 274 g/mol. The second-order valence-corrected chi connectivity index (χ2v) is 3.74. The third-order valence-electron chi connectivity index (χ3n) is 1.98. The fraction of sp³-hybridized carbons (Fsp3) is 0.273. The second-order valence-electron chi connectivity index (χ2n) is 3.18. The molecule has 0 spiro atoms. The van der Waals surface area contributed by atoms with Gasteiger partial charge in [-0.1, -0.05) is 15.9 Å². The number of amides is 1. The minimum absolute atomic E-state index is 0.145. The van der Waals surface area contributed by atoms with Gasteiger partial charge in [0.1, 0.15) is 0 Å². The molecule has 1 N–H and O–H groups in total. The Morgan fingerprint density at radius 3 is 2.62 bits per heavy atom. The van der Waals surface area contributed by atoms with E-state index in [2.05, 4.69) is 26.0 Å². The van der Waals surface area contributed by atoms with Crippen LogP contribution in [-0.2, 0) is 14.9 Å². The first-order valence-electron chi connectivity index (χ1n) is 4.63. The highest BCUT2D eigenvalue weighted by atomic mass is 79.9. The molecule has 1 rings (SSSR count). The lowest BCUT2D eigenvalue weighted by Gasteiger charge is -2.09. The number of carbonyl (C=O) groups excluding carboxylic acids is 2. The molecule has 16 heavy (non-hydrogen) atoms. The maximum Gasteiger partial charge on any atom is 0.337 e. The topological polar surface area (TPSA) is 55.4 Å². The zero-order valence-corrected chi connectivity index (χ0v) is 10.6. The van der Waals surface area contributed by atoms with Gasteiger partial charge in [-0.3, -0.25) is 4.79 Å². The van der Waals surface area contributed by atoms with Gasteiger partial charge in [-0.15, -0.1) is 0 Å². The summed E-state index contributed by atoms with van der Waals surface area (Å²) in [6, 6.07) is 4.99. The Labute approximate surface area is 102 Å². The summed E-state index contributed by atoms with van der Waals surface area (Å²) in [6.07, 6.45) is 0. The maximum atomic E-state index is 11.3. The molecule has 0 aromatic heterocycles. The van der Waals surface area contributed by atoms with Gasteiger partial charge in [0.2, 0.25) is 5.91 Å². The molecule has 0 aliphatic carbocycles. The number of esters is 1. The number of hydrogen-bond acceptors (Lipinski definition) is 3. The van der Waals surface area contributed by atoms with Gasteiger partial charge in [-0.05, 0) is 23.8 Å². The minimum atomic E-state index is -0.392. The smallest absolute Gasteiger partial charge is 0.337 e. The minimum Gasteiger partial charge on any atom is -0.465 e. The first kappa shape index (κ1) is 12.7. The van der Waals surface area contributed by atoms with Gasteiger partial charge in [-0.2, -0.15) is 0 Å². The highest BCUT2D eigenvalue weighted by Crippen LogP contribution is 2.20. The largest absolute Gasteiger partial charge is 0.465 e. The van der Waals surface area contributed by atoms with E-state index in [1.165, 1.54) is 14.0 Å². The van der Waals surface area contributed by atoms with Crippen LogP contribution in [0.4, 0.5) is 5.69 Å². The molecular formula is C11H12BrNO3. The number of methoxy groups -OCH3 is 1. The number of benzene rings is 1. The van der Waals surface area contributed by atoms with E-state index in [9.17, 15) is 9.59 Å². The standard InChI is InChI=1S/C11H12BrNO3/c1-7(14)13-10-4-3-8(11(15)16-2)5-9(10)6-12/h3-5H,6H2,1-2H3,(H,13,14). The highest BCUT2D eigenvalue weighted by molar-refractivity contribution is 9.08. The van der Waals surface area contributed by atoms with Gasteiger partial charge >= 0.3 is 5.97 Å². The molecule has 0 saturated heterocycles. The summed E-state index contributed by atoms with van der Waals surface area (Å²) in [6.45, 7) is 1.44. The zero-order valence-electron chi connectivity index (χ0n) is 9.04. The van der Waals surface area contributed by atoms with Crippen molar-refractivity contribution in [3.05, 3.63) is 29.3 Å². The van der Waals surface area contributed by atoms with E-state index in [1.54, 1.807) is 18.2 Å². The fourth-order valence-corrected chi connectivity index (χ4v) is 1.72. The summed E-state index contributed by atoms with van der Waals surface area (Å²) < 4.78 is 4.62. The van der Waals surface area contributed by atoms with Crippen molar-refractivity contribution in [1.29, 1.82) is 0 Å². The van der Waals surface area contributed by atoms with Crippen LogP contribution in [-0.4, -0.2) is 19.0 Å². The first-order chi connectivity index (χ1) is 7.58. The average molecular weight is 286 g/mol. The van der Waals surface area contributed by atoms with Crippen molar-refractivity contribution in [3.63, 3.8) is 0 Å². The molecule has 0 aliphatic heterocycles. The van der Waals surface area contributed by atoms with Crippen LogP contribution < -0.4 is 5.32 Å². The molecule has 0 unspecified atom stereocenters. The van der Waals surface area contributed by atoms with Crippen molar-refractivity contribution in [3.8, 4) is 0 Å². The monoisotopic (exact) mass is 285 g/mol. The lowest BCUT2D eigenvalue weighted by molar-refractivity contribution is -0.114. The molecule has 1 amide bonds. The van der Waals surface area contributed by atoms with Crippen LogP contribution in [0.25, 0.3) is 0 Å². The van der Waals surface area contributed by atoms with Crippen molar-refractivity contribution >= 4 is 33.5 Å². The molecule has 86 valence electrons. The highest BCUT2D eigenvalue weighted by Gasteiger charge is 2.09. The maximum absolute atomic E-state index is 11.3. The van der Waals surface area contributed by atoms with E-state index in [0.717, 1.165) is 5.56 Å². The summed E-state index contributed by atoms with van der Waals surface area (Å²) in [5.74, 6) is -0.537. The number of anilines is 1. The number of halogens is 1. The van der Waals surface area contributed by atoms with Crippen molar-refractivity contribution in [2.45, 2.75) is 12.3 Å². The van der Waals surface area contributed by atoms with Crippen LogP contribution in [0.1, 0.15) is 22.8 Å². The van der Waals surface area contributed by atoms with Crippen LogP contribution in [0.2, 0.25) is 0 Å². The third kappa shape index (κ3) is 3.06. The van der Waals surface area contributed by atoms with Gasteiger partial charge in [0, 0.05) is 17.9 Å². The molecule has 0 atom stereocenters. The van der Waals surface area contributed by atoms with Crippen LogP contribution in [0.5, 0.6) is 0 Å². The number of carbonyl (C=O) groups is 2. The summed E-state index contributed by atoms with van der Waals surface area (Å²) >= 11 is 3.30. The van der Waals surface area contributed by atoms with Crippen molar-refractivity contribution < 1.29 is 14.3 Å². The van der Waals surface area contributed by atoms with Crippen molar-refractivity contribution in [2.75, 3.05) is 12.4 Å². The van der Waals surface area contributed by atoms with Gasteiger partial charge in [0.15, 0.2) is 0 Å². The molecule has 1 aromatic rings. The van der Waals surface area contributed by atoms with E-state index in [-0.39, 0.29) is 5.91 Å². The number of hydrogen-bond donors (Lipinski definition) is 1. The van der Waals surface area contributed by atoms with Gasteiger partial charge < -0.3 is 10.1 Å². The van der Waals surface area contributed by atoms with E-state index in [0.29, 0.717) is 16.6 Å². The van der Waals surface area contributed by atoms with E-state index < -0.39 is 5.97 Å². The Morgan fingerprint density at radius 1 is 1.44 bits per heavy atom. The van der Waals surface area contributed by atoms with Crippen molar-refractivity contribution in [1.82, 2.24) is 0 Å². The number of ether oxygens (including phenoxy) is 1. The lowest BCUT2D eigenvalue weighted by atomic mass is 10.1. The number of rotatable bonds is 3. The summed E-state index contributed by atoms with van der Waals surface area (Å²) in [5.41, 5.74) is 1.99. The van der Waals surface area contributed by atoms with Crippen LogP contribution in [0.15, 0.2) is 18.2 Å². The van der Waals surface area contributed by atoms with E-state index in [1.807, 2.05) is 0 Å². The molecule has 5 heteroatoms. The van der Waals surface area contributed by atoms with Crippen LogP contribution in [0, 0.1) is 0 Å². The summed E-state index contributed by atoms with van der Waals surface area (Å²) in [4.78, 5) is 22.2. The molecule has 0 aliphatic rings. The zero-order chi connectivity index (χ0) is 12.1. The van der Waals surface area contributed by atoms with E-state index >= 15 is 0 Å². The molecule has 0 bridgehead atoms. The molecule has 4 nitrogen and oxygen atoms in total. The Bertz CT molecular complexity index is 418. The number of alkyl halides is 1. The Kier molecular flexibility index (Phi) is 4.49. The Hall–Kier alpha value is -1.36. The molecule has 0 heterocycles. The average Bonchev–Trinajstić information content (AvgIpc) is 2.27. The van der Waals surface area contributed by atoms with Crippen molar-refractivity contribution in [2.24, 2.45) is 0 Å². The SMILES string of the molecule is COC(=O)c1ccc(NC(C)=O)c(CBr)c1. The first-order valence-corrected chi connectivity index (χ1v) is 5.75. The Morgan fingerprint density at radius 2 is 2.12 bits per heavy atom. The van der Waals surface area contributed by atoms with Crippen LogP contribution >= 0.6 is 15.9 Å². The predicted molar refractivity (Wildman–Crippen MR) is 64.7 cm³/mol. The van der Waals surface area contributed by atoms with Crippen LogP contribution in [0.3, 0.4) is 0 Å². The second kappa shape index (κ2) is 5.65.